The summed E-state index contributed by atoms with van der Waals surface area (Å²) in [4.78, 5) is 14.0. The largest absolute Gasteiger partial charge is 0.532 e. The van der Waals surface area contributed by atoms with Crippen LogP contribution in [0, 0.1) is 0 Å². The Labute approximate surface area is 156 Å². The molecule has 0 bridgehead atoms. The van der Waals surface area contributed by atoms with Gasteiger partial charge in [-0.3, -0.25) is 0 Å². The molecule has 2 aliphatic heterocycles. The topological polar surface area (TPSA) is 61.1 Å². The average molecular weight is 363 g/mol. The second kappa shape index (κ2) is 6.31. The van der Waals surface area contributed by atoms with Crippen LogP contribution < -0.4 is 5.66 Å². The van der Waals surface area contributed by atoms with E-state index in [1.54, 1.807) is 11.2 Å². The first-order chi connectivity index (χ1) is 11.9. The van der Waals surface area contributed by atoms with Crippen LogP contribution in [-0.4, -0.2) is 48.0 Å². The van der Waals surface area contributed by atoms with Gasteiger partial charge in [0, 0.05) is 19.0 Å². The van der Waals surface area contributed by atoms with Gasteiger partial charge >= 0.3 is 13.2 Å². The first-order valence-electron chi connectivity index (χ1n) is 9.30. The molecule has 1 unspecified atom stereocenters. The lowest BCUT2D eigenvalue weighted by Gasteiger charge is -2.32. The molecule has 26 heavy (non-hydrogen) atoms. The van der Waals surface area contributed by atoms with Crippen molar-refractivity contribution in [3.05, 3.63) is 17.9 Å². The van der Waals surface area contributed by atoms with Gasteiger partial charge in [0.25, 0.3) is 0 Å². The lowest BCUT2D eigenvalue weighted by Crippen LogP contribution is -2.41. The van der Waals surface area contributed by atoms with Gasteiger partial charge in [-0.1, -0.05) is 0 Å². The molecule has 0 aromatic carbocycles. The number of rotatable bonds is 2. The van der Waals surface area contributed by atoms with Crippen molar-refractivity contribution in [1.82, 2.24) is 4.90 Å². The maximum atomic E-state index is 12.2. The summed E-state index contributed by atoms with van der Waals surface area (Å²) >= 11 is 0. The molecule has 3 heterocycles. The lowest BCUT2D eigenvalue weighted by molar-refractivity contribution is 0.00578. The third-order valence-corrected chi connectivity index (χ3v) is 5.44. The molecule has 0 N–H and O–H groups in total. The van der Waals surface area contributed by atoms with Crippen molar-refractivity contribution in [3.8, 4) is 0 Å². The van der Waals surface area contributed by atoms with E-state index >= 15 is 0 Å². The molecule has 1 aromatic rings. The molecule has 144 valence electrons. The van der Waals surface area contributed by atoms with E-state index in [0.29, 0.717) is 18.7 Å². The Balaban J connectivity index is 1.64. The molecule has 7 heteroatoms. The lowest BCUT2D eigenvalue weighted by atomic mass is 9.85. The Morgan fingerprint density at radius 1 is 1.23 bits per heavy atom. The smallest absolute Gasteiger partial charge is 0.473 e. The number of carbonyl (C=O) groups excluding carboxylic acids is 1. The molecule has 2 fully saturated rings. The van der Waals surface area contributed by atoms with Crippen molar-refractivity contribution < 1.29 is 23.3 Å². The molecule has 1 aromatic heterocycles. The van der Waals surface area contributed by atoms with Crippen LogP contribution in [0.2, 0.25) is 0 Å². The van der Waals surface area contributed by atoms with Crippen molar-refractivity contribution in [2.24, 2.45) is 0 Å². The highest BCUT2D eigenvalue weighted by atomic mass is 16.7. The SMILES string of the molecule is CC(C)(C)OC(=O)N1CCC(c2coc(B3OC(C)(C)C(C)(C)O3)c2)C1. The number of likely N-dealkylation sites (tertiary alicyclic amines) is 1. The van der Waals surface area contributed by atoms with E-state index < -0.39 is 23.9 Å². The van der Waals surface area contributed by atoms with Gasteiger partial charge < -0.3 is 23.4 Å². The highest BCUT2D eigenvalue weighted by Gasteiger charge is 2.53. The predicted molar refractivity (Wildman–Crippen MR) is 99.6 cm³/mol. The Bertz CT molecular complexity index is 660. The number of nitrogens with zero attached hydrogens (tertiary/aromatic N) is 1. The van der Waals surface area contributed by atoms with Gasteiger partial charge in [0.2, 0.25) is 0 Å². The summed E-state index contributed by atoms with van der Waals surface area (Å²) in [5.74, 6) is 0.238. The second-order valence-corrected chi connectivity index (χ2v) is 9.28. The fraction of sp³-hybridized carbons (Fsp3) is 0.737. The number of amides is 1. The molecule has 0 saturated carbocycles. The molecule has 2 saturated heterocycles. The van der Waals surface area contributed by atoms with Crippen LogP contribution in [-0.2, 0) is 14.0 Å². The van der Waals surface area contributed by atoms with E-state index in [2.05, 4.69) is 0 Å². The molecule has 3 rings (SSSR count). The standard InChI is InChI=1S/C19H30BNO5/c1-17(2,3)24-16(22)21-9-8-13(11-21)14-10-15(23-12-14)20-25-18(4,5)19(6,7)26-20/h10,12-13H,8-9,11H2,1-7H3. The zero-order valence-electron chi connectivity index (χ0n) is 16.9. The van der Waals surface area contributed by atoms with Gasteiger partial charge in [-0.05, 0) is 66.5 Å². The first-order valence-corrected chi connectivity index (χ1v) is 9.30. The summed E-state index contributed by atoms with van der Waals surface area (Å²) in [5, 5.41) is 0. The Hall–Kier alpha value is -1.47. The number of carbonyl (C=O) groups is 1. The van der Waals surface area contributed by atoms with Gasteiger partial charge in [0.05, 0.1) is 17.5 Å². The number of hydrogen-bond acceptors (Lipinski definition) is 5. The van der Waals surface area contributed by atoms with E-state index in [0.717, 1.165) is 12.0 Å². The second-order valence-electron chi connectivity index (χ2n) is 9.28. The van der Waals surface area contributed by atoms with E-state index in [-0.39, 0.29) is 12.0 Å². The molecular formula is C19H30BNO5. The molecule has 2 aliphatic rings. The maximum absolute atomic E-state index is 12.2. The summed E-state index contributed by atoms with van der Waals surface area (Å²) < 4.78 is 23.3. The van der Waals surface area contributed by atoms with Crippen molar-refractivity contribution in [3.63, 3.8) is 0 Å². The van der Waals surface area contributed by atoms with Crippen LogP contribution >= 0.6 is 0 Å². The normalized spacial score (nSPS) is 25.0. The molecule has 0 aliphatic carbocycles. The Morgan fingerprint density at radius 2 is 1.85 bits per heavy atom. The molecule has 0 spiro atoms. The van der Waals surface area contributed by atoms with Gasteiger partial charge in [-0.25, -0.2) is 4.79 Å². The summed E-state index contributed by atoms with van der Waals surface area (Å²) in [6.45, 7) is 15.0. The van der Waals surface area contributed by atoms with Gasteiger partial charge in [0.15, 0.2) is 0 Å². The van der Waals surface area contributed by atoms with E-state index in [4.69, 9.17) is 18.5 Å². The molecule has 1 amide bonds. The van der Waals surface area contributed by atoms with Crippen molar-refractivity contribution in [1.29, 1.82) is 0 Å². The minimum atomic E-state index is -0.503. The van der Waals surface area contributed by atoms with Crippen LogP contribution in [0.5, 0.6) is 0 Å². The van der Waals surface area contributed by atoms with E-state index in [1.807, 2.05) is 54.5 Å². The van der Waals surface area contributed by atoms with Crippen LogP contribution in [0.4, 0.5) is 4.79 Å². The molecule has 6 nitrogen and oxygen atoms in total. The van der Waals surface area contributed by atoms with Crippen LogP contribution in [0.25, 0.3) is 0 Å². The fourth-order valence-electron chi connectivity index (χ4n) is 3.19. The van der Waals surface area contributed by atoms with Crippen LogP contribution in [0.3, 0.4) is 0 Å². The highest BCUT2D eigenvalue weighted by molar-refractivity contribution is 6.60. The summed E-state index contributed by atoms with van der Waals surface area (Å²) in [6.07, 6.45) is 2.39. The Morgan fingerprint density at radius 3 is 2.42 bits per heavy atom. The minimum absolute atomic E-state index is 0.238. The third kappa shape index (κ3) is 3.79. The number of ether oxygens (including phenoxy) is 1. The Kier molecular flexibility index (Phi) is 4.68. The highest BCUT2D eigenvalue weighted by Crippen LogP contribution is 2.37. The quantitative estimate of drug-likeness (QED) is 0.755. The van der Waals surface area contributed by atoms with Crippen molar-refractivity contribution >= 4 is 18.9 Å². The van der Waals surface area contributed by atoms with Gasteiger partial charge in [0.1, 0.15) is 11.3 Å². The van der Waals surface area contributed by atoms with Gasteiger partial charge in [-0.15, -0.1) is 0 Å². The molecule has 0 radical (unpaired) electrons. The van der Waals surface area contributed by atoms with E-state index in [9.17, 15) is 4.79 Å². The van der Waals surface area contributed by atoms with Crippen LogP contribution in [0.15, 0.2) is 16.7 Å². The van der Waals surface area contributed by atoms with Crippen molar-refractivity contribution in [2.75, 3.05) is 13.1 Å². The summed E-state index contributed by atoms with van der Waals surface area (Å²) in [7, 11) is -0.503. The predicted octanol–water partition coefficient (Wildman–Crippen LogP) is 3.30. The zero-order valence-corrected chi connectivity index (χ0v) is 16.9. The molecule has 1 atom stereocenters. The maximum Gasteiger partial charge on any atom is 0.532 e. The summed E-state index contributed by atoms with van der Waals surface area (Å²) in [6, 6.07) is 1.99. The minimum Gasteiger partial charge on any atom is -0.473 e. The fourth-order valence-corrected chi connectivity index (χ4v) is 3.19. The third-order valence-electron chi connectivity index (χ3n) is 5.44. The number of furan rings is 1. The van der Waals surface area contributed by atoms with Gasteiger partial charge in [-0.2, -0.15) is 0 Å². The van der Waals surface area contributed by atoms with E-state index in [1.165, 1.54) is 0 Å². The first kappa shape index (κ1) is 19.3. The zero-order chi connectivity index (χ0) is 19.3. The number of hydrogen-bond donors (Lipinski definition) is 0. The average Bonchev–Trinajstić information content (AvgIpc) is 3.16. The van der Waals surface area contributed by atoms with Crippen molar-refractivity contribution in [2.45, 2.75) is 77.6 Å². The summed E-state index contributed by atoms with van der Waals surface area (Å²) in [5.41, 5.74) is 0.473. The van der Waals surface area contributed by atoms with Crippen LogP contribution in [0.1, 0.15) is 66.4 Å². The monoisotopic (exact) mass is 363 g/mol. The molecular weight excluding hydrogens is 333 g/mol.